The number of carboxylic acids is 2. The van der Waals surface area contributed by atoms with Gasteiger partial charge in [-0.15, -0.1) is 0 Å². The molecular weight excluding hydrogens is 238 g/mol. The molecule has 1 atom stereocenters. The summed E-state index contributed by atoms with van der Waals surface area (Å²) in [5, 5.41) is 19.6. The lowest BCUT2D eigenvalue weighted by Crippen LogP contribution is -2.42. The van der Waals surface area contributed by atoms with Crippen molar-refractivity contribution in [1.29, 1.82) is 0 Å². The number of amides is 1. The van der Waals surface area contributed by atoms with E-state index in [0.29, 0.717) is 11.1 Å². The van der Waals surface area contributed by atoms with Gasteiger partial charge in [-0.25, -0.2) is 4.79 Å². The van der Waals surface area contributed by atoms with E-state index in [0.717, 1.165) is 0 Å². The maximum Gasteiger partial charge on any atom is 0.326 e. The molecule has 0 aromatic heterocycles. The molecule has 1 rings (SSSR count). The third-order valence-electron chi connectivity index (χ3n) is 2.37. The van der Waals surface area contributed by atoms with Crippen LogP contribution in [-0.2, 0) is 9.59 Å². The standard InChI is InChI=1S/C12H13NO5/c1-7-4-2-3-5-8(7)11(16)13-9(12(17)18)6-10(14)15/h2-5,9H,6H2,1H3,(H,13,16)(H,14,15)(H,17,18)/t9-/m0/s1. The van der Waals surface area contributed by atoms with Crippen LogP contribution in [0.3, 0.4) is 0 Å². The Morgan fingerprint density at radius 1 is 1.22 bits per heavy atom. The normalized spacial score (nSPS) is 11.6. The monoisotopic (exact) mass is 251 g/mol. The van der Waals surface area contributed by atoms with Gasteiger partial charge in [-0.3, -0.25) is 9.59 Å². The molecule has 1 aromatic rings. The van der Waals surface area contributed by atoms with Crippen molar-refractivity contribution in [3.8, 4) is 0 Å². The molecule has 1 aromatic carbocycles. The van der Waals surface area contributed by atoms with Crippen molar-refractivity contribution < 1.29 is 24.6 Å². The highest BCUT2D eigenvalue weighted by atomic mass is 16.4. The number of hydrogen-bond donors (Lipinski definition) is 3. The number of carbonyl (C=O) groups excluding carboxylic acids is 1. The summed E-state index contributed by atoms with van der Waals surface area (Å²) in [6.45, 7) is 1.71. The van der Waals surface area contributed by atoms with Crippen molar-refractivity contribution in [3.05, 3.63) is 35.4 Å². The molecule has 0 spiro atoms. The van der Waals surface area contributed by atoms with E-state index >= 15 is 0 Å². The molecule has 0 saturated heterocycles. The van der Waals surface area contributed by atoms with Crippen LogP contribution in [0.4, 0.5) is 0 Å². The summed E-state index contributed by atoms with van der Waals surface area (Å²) >= 11 is 0. The summed E-state index contributed by atoms with van der Waals surface area (Å²) in [6, 6.07) is 5.22. The molecule has 0 aliphatic heterocycles. The van der Waals surface area contributed by atoms with E-state index in [-0.39, 0.29) is 0 Å². The van der Waals surface area contributed by atoms with Gasteiger partial charge < -0.3 is 15.5 Å². The molecule has 6 nitrogen and oxygen atoms in total. The third-order valence-corrected chi connectivity index (χ3v) is 2.37. The number of carboxylic acid groups (broad SMARTS) is 2. The Hall–Kier alpha value is -2.37. The number of rotatable bonds is 5. The summed E-state index contributed by atoms with van der Waals surface area (Å²) in [4.78, 5) is 33.1. The molecule has 6 heteroatoms. The van der Waals surface area contributed by atoms with Gasteiger partial charge in [0.15, 0.2) is 0 Å². The van der Waals surface area contributed by atoms with E-state index in [1.807, 2.05) is 0 Å². The Morgan fingerprint density at radius 2 is 1.83 bits per heavy atom. The van der Waals surface area contributed by atoms with Crippen LogP contribution >= 0.6 is 0 Å². The molecule has 0 unspecified atom stereocenters. The third kappa shape index (κ3) is 3.58. The van der Waals surface area contributed by atoms with E-state index in [1.165, 1.54) is 0 Å². The predicted octanol–water partition coefficient (Wildman–Crippen LogP) is 0.653. The van der Waals surface area contributed by atoms with Crippen LogP contribution in [0.1, 0.15) is 22.3 Å². The van der Waals surface area contributed by atoms with Crippen molar-refractivity contribution in [2.45, 2.75) is 19.4 Å². The number of benzene rings is 1. The van der Waals surface area contributed by atoms with Gasteiger partial charge in [0, 0.05) is 5.56 Å². The zero-order valence-electron chi connectivity index (χ0n) is 9.71. The maximum absolute atomic E-state index is 11.8. The number of aliphatic carboxylic acids is 2. The lowest BCUT2D eigenvalue weighted by Gasteiger charge is -2.13. The first-order valence-electron chi connectivity index (χ1n) is 5.23. The van der Waals surface area contributed by atoms with Gasteiger partial charge in [-0.05, 0) is 18.6 Å². The van der Waals surface area contributed by atoms with Gasteiger partial charge in [0.1, 0.15) is 6.04 Å². The molecule has 0 fully saturated rings. The molecule has 0 bridgehead atoms. The van der Waals surface area contributed by atoms with Crippen LogP contribution in [0.2, 0.25) is 0 Å². The first-order valence-corrected chi connectivity index (χ1v) is 5.23. The largest absolute Gasteiger partial charge is 0.481 e. The van der Waals surface area contributed by atoms with Crippen LogP contribution in [0.15, 0.2) is 24.3 Å². The van der Waals surface area contributed by atoms with E-state index in [9.17, 15) is 14.4 Å². The molecule has 0 aliphatic carbocycles. The Balaban J connectivity index is 2.82. The van der Waals surface area contributed by atoms with Crippen LogP contribution < -0.4 is 5.32 Å². The molecule has 0 aliphatic rings. The first-order chi connectivity index (χ1) is 8.41. The topological polar surface area (TPSA) is 104 Å². The summed E-state index contributed by atoms with van der Waals surface area (Å²) in [5.41, 5.74) is 1.02. The van der Waals surface area contributed by atoms with Crippen LogP contribution in [0, 0.1) is 6.92 Å². The zero-order valence-corrected chi connectivity index (χ0v) is 9.71. The van der Waals surface area contributed by atoms with Gasteiger partial charge in [0.05, 0.1) is 6.42 Å². The Morgan fingerprint density at radius 3 is 2.33 bits per heavy atom. The fourth-order valence-electron chi connectivity index (χ4n) is 1.44. The highest BCUT2D eigenvalue weighted by Crippen LogP contribution is 2.07. The summed E-state index contributed by atoms with van der Waals surface area (Å²) in [7, 11) is 0. The number of nitrogens with one attached hydrogen (secondary N) is 1. The molecule has 1 amide bonds. The molecular formula is C12H13NO5. The zero-order chi connectivity index (χ0) is 13.7. The van der Waals surface area contributed by atoms with Gasteiger partial charge >= 0.3 is 11.9 Å². The van der Waals surface area contributed by atoms with E-state index in [2.05, 4.69) is 5.32 Å². The fraction of sp³-hybridized carbons (Fsp3) is 0.250. The molecule has 96 valence electrons. The minimum absolute atomic E-state index is 0.328. The second-order valence-corrected chi connectivity index (χ2v) is 3.78. The van der Waals surface area contributed by atoms with Crippen molar-refractivity contribution in [2.75, 3.05) is 0 Å². The van der Waals surface area contributed by atoms with Crippen molar-refractivity contribution >= 4 is 17.8 Å². The van der Waals surface area contributed by atoms with Crippen molar-refractivity contribution in [3.63, 3.8) is 0 Å². The minimum atomic E-state index is -1.44. The minimum Gasteiger partial charge on any atom is -0.481 e. The summed E-state index contributed by atoms with van der Waals surface area (Å²) in [5.74, 6) is -3.26. The second-order valence-electron chi connectivity index (χ2n) is 3.78. The number of hydrogen-bond acceptors (Lipinski definition) is 3. The maximum atomic E-state index is 11.8. The van der Waals surface area contributed by atoms with Crippen molar-refractivity contribution in [1.82, 2.24) is 5.32 Å². The first kappa shape index (κ1) is 13.7. The van der Waals surface area contributed by atoms with Gasteiger partial charge in [-0.2, -0.15) is 0 Å². The Labute approximate surface area is 103 Å². The van der Waals surface area contributed by atoms with E-state index in [1.54, 1.807) is 31.2 Å². The van der Waals surface area contributed by atoms with Crippen LogP contribution in [-0.4, -0.2) is 34.1 Å². The van der Waals surface area contributed by atoms with Gasteiger partial charge in [-0.1, -0.05) is 18.2 Å². The van der Waals surface area contributed by atoms with Gasteiger partial charge in [0.25, 0.3) is 5.91 Å². The second kappa shape index (κ2) is 5.81. The average molecular weight is 251 g/mol. The van der Waals surface area contributed by atoms with E-state index < -0.39 is 30.3 Å². The van der Waals surface area contributed by atoms with Crippen LogP contribution in [0.5, 0.6) is 0 Å². The molecule has 0 saturated carbocycles. The molecule has 3 N–H and O–H groups in total. The SMILES string of the molecule is Cc1ccccc1C(=O)N[C@@H](CC(=O)O)C(=O)O. The van der Waals surface area contributed by atoms with Gasteiger partial charge in [0.2, 0.25) is 0 Å². The molecule has 0 radical (unpaired) electrons. The predicted molar refractivity (Wildman–Crippen MR) is 62.3 cm³/mol. The fourth-order valence-corrected chi connectivity index (χ4v) is 1.44. The smallest absolute Gasteiger partial charge is 0.326 e. The molecule has 0 heterocycles. The Bertz CT molecular complexity index is 483. The number of aryl methyl sites for hydroxylation is 1. The average Bonchev–Trinajstić information content (AvgIpc) is 2.27. The lowest BCUT2D eigenvalue weighted by atomic mass is 10.1. The summed E-state index contributed by atoms with van der Waals surface area (Å²) < 4.78 is 0. The highest BCUT2D eigenvalue weighted by molar-refractivity contribution is 5.98. The van der Waals surface area contributed by atoms with Crippen molar-refractivity contribution in [2.24, 2.45) is 0 Å². The number of carbonyl (C=O) groups is 3. The summed E-state index contributed by atoms with van der Waals surface area (Å²) in [6.07, 6.45) is -0.660. The Kier molecular flexibility index (Phi) is 4.42. The quantitative estimate of drug-likeness (QED) is 0.713. The van der Waals surface area contributed by atoms with Crippen LogP contribution in [0.25, 0.3) is 0 Å². The highest BCUT2D eigenvalue weighted by Gasteiger charge is 2.23. The lowest BCUT2D eigenvalue weighted by molar-refractivity contribution is -0.145. The van der Waals surface area contributed by atoms with E-state index in [4.69, 9.17) is 10.2 Å². The molecule has 18 heavy (non-hydrogen) atoms.